The van der Waals surface area contributed by atoms with E-state index in [0.29, 0.717) is 46.1 Å². The molecule has 0 unspecified atom stereocenters. The second kappa shape index (κ2) is 9.58. The maximum absolute atomic E-state index is 13.3. The van der Waals surface area contributed by atoms with Crippen molar-refractivity contribution in [3.8, 4) is 0 Å². The SMILES string of the molecule is CC(C)CN1C(=O)/C(=C2\SC(=S)N(CCc3ccccc3)C2=O)N(CC(C)C)C1=S. The molecule has 2 aliphatic heterocycles. The van der Waals surface area contributed by atoms with Gasteiger partial charge in [-0.15, -0.1) is 0 Å². The molecular formula is C22H27N3O2S3. The van der Waals surface area contributed by atoms with E-state index in [-0.39, 0.29) is 23.7 Å². The molecule has 0 aromatic heterocycles. The average molecular weight is 462 g/mol. The second-order valence-electron chi connectivity index (χ2n) is 8.33. The predicted octanol–water partition coefficient (Wildman–Crippen LogP) is 4.04. The Hall–Kier alpha value is -1.77. The molecule has 2 heterocycles. The van der Waals surface area contributed by atoms with Crippen molar-refractivity contribution in [3.05, 3.63) is 46.5 Å². The van der Waals surface area contributed by atoms with Crippen LogP contribution in [0.1, 0.15) is 33.3 Å². The Morgan fingerprint density at radius 2 is 1.47 bits per heavy atom. The summed E-state index contributed by atoms with van der Waals surface area (Å²) in [7, 11) is 0. The maximum Gasteiger partial charge on any atom is 0.278 e. The van der Waals surface area contributed by atoms with Crippen LogP contribution < -0.4 is 0 Å². The summed E-state index contributed by atoms with van der Waals surface area (Å²) in [5.41, 5.74) is 1.52. The first kappa shape index (κ1) is 22.9. The number of rotatable bonds is 7. The third-order valence-electron chi connectivity index (χ3n) is 4.81. The van der Waals surface area contributed by atoms with Crippen molar-refractivity contribution < 1.29 is 9.59 Å². The molecule has 0 aliphatic carbocycles. The number of benzene rings is 1. The molecule has 1 aromatic rings. The highest BCUT2D eigenvalue weighted by Gasteiger charge is 2.45. The highest BCUT2D eigenvalue weighted by molar-refractivity contribution is 8.26. The number of hydrogen-bond acceptors (Lipinski definition) is 5. The van der Waals surface area contributed by atoms with E-state index in [2.05, 4.69) is 13.8 Å². The molecule has 2 fully saturated rings. The van der Waals surface area contributed by atoms with E-state index in [1.165, 1.54) is 11.8 Å². The quantitative estimate of drug-likeness (QED) is 0.451. The zero-order valence-corrected chi connectivity index (χ0v) is 20.2. The van der Waals surface area contributed by atoms with Gasteiger partial charge in [-0.2, -0.15) is 0 Å². The molecule has 1 aromatic carbocycles. The van der Waals surface area contributed by atoms with Gasteiger partial charge in [0.25, 0.3) is 11.8 Å². The average Bonchev–Trinajstić information content (AvgIpc) is 3.08. The summed E-state index contributed by atoms with van der Waals surface area (Å²) in [6.45, 7) is 9.84. The second-order valence-corrected chi connectivity index (χ2v) is 10.3. The minimum absolute atomic E-state index is 0.196. The molecule has 0 atom stereocenters. The first-order chi connectivity index (χ1) is 14.2. The Morgan fingerprint density at radius 3 is 2.07 bits per heavy atom. The summed E-state index contributed by atoms with van der Waals surface area (Å²) in [6, 6.07) is 9.99. The molecule has 0 bridgehead atoms. The highest BCUT2D eigenvalue weighted by Crippen LogP contribution is 2.38. The van der Waals surface area contributed by atoms with Crippen molar-refractivity contribution in [1.82, 2.24) is 14.7 Å². The summed E-state index contributed by atoms with van der Waals surface area (Å²) >= 11 is 12.3. The number of carbonyl (C=O) groups is 2. The molecule has 0 radical (unpaired) electrons. The van der Waals surface area contributed by atoms with Crippen LogP contribution in [-0.4, -0.2) is 55.6 Å². The van der Waals surface area contributed by atoms with Crippen molar-refractivity contribution in [2.24, 2.45) is 11.8 Å². The molecular weight excluding hydrogens is 434 g/mol. The Kier molecular flexibility index (Phi) is 7.31. The summed E-state index contributed by atoms with van der Waals surface area (Å²) in [5.74, 6) is 0.158. The summed E-state index contributed by atoms with van der Waals surface area (Å²) in [4.78, 5) is 32.0. The smallest absolute Gasteiger partial charge is 0.278 e. The maximum atomic E-state index is 13.3. The lowest BCUT2D eigenvalue weighted by Gasteiger charge is -2.23. The van der Waals surface area contributed by atoms with Crippen molar-refractivity contribution in [2.75, 3.05) is 19.6 Å². The molecule has 30 heavy (non-hydrogen) atoms. The van der Waals surface area contributed by atoms with E-state index in [0.717, 1.165) is 5.56 Å². The van der Waals surface area contributed by atoms with E-state index >= 15 is 0 Å². The van der Waals surface area contributed by atoms with E-state index < -0.39 is 0 Å². The van der Waals surface area contributed by atoms with Gasteiger partial charge in [-0.05, 0) is 36.0 Å². The highest BCUT2D eigenvalue weighted by atomic mass is 32.2. The van der Waals surface area contributed by atoms with Crippen LogP contribution >= 0.6 is 36.2 Å². The normalized spacial score (nSPS) is 20.0. The monoisotopic (exact) mass is 461 g/mol. The van der Waals surface area contributed by atoms with Crippen LogP contribution in [0.25, 0.3) is 0 Å². The number of amides is 2. The van der Waals surface area contributed by atoms with Gasteiger partial charge in [0, 0.05) is 19.6 Å². The van der Waals surface area contributed by atoms with Gasteiger partial charge in [0.15, 0.2) is 5.11 Å². The van der Waals surface area contributed by atoms with Crippen LogP contribution in [-0.2, 0) is 16.0 Å². The Labute approximate surface area is 193 Å². The number of thioether (sulfide) groups is 1. The first-order valence-corrected chi connectivity index (χ1v) is 11.8. The van der Waals surface area contributed by atoms with Gasteiger partial charge in [-0.3, -0.25) is 19.4 Å². The van der Waals surface area contributed by atoms with Crippen molar-refractivity contribution in [1.29, 1.82) is 0 Å². The lowest BCUT2D eigenvalue weighted by molar-refractivity contribution is -0.125. The van der Waals surface area contributed by atoms with Gasteiger partial charge in [0.2, 0.25) is 0 Å². The van der Waals surface area contributed by atoms with Gasteiger partial charge in [-0.1, -0.05) is 82.0 Å². The van der Waals surface area contributed by atoms with Crippen LogP contribution in [0.4, 0.5) is 0 Å². The molecule has 2 aliphatic rings. The Morgan fingerprint density at radius 1 is 0.867 bits per heavy atom. The Bertz CT molecular complexity index is 896. The molecule has 3 rings (SSSR count). The summed E-state index contributed by atoms with van der Waals surface area (Å²) < 4.78 is 0.490. The zero-order valence-electron chi connectivity index (χ0n) is 17.8. The molecule has 160 valence electrons. The zero-order chi connectivity index (χ0) is 22.0. The minimum atomic E-state index is -0.202. The first-order valence-electron chi connectivity index (χ1n) is 10.2. The van der Waals surface area contributed by atoms with Crippen LogP contribution in [0.5, 0.6) is 0 Å². The van der Waals surface area contributed by atoms with E-state index in [4.69, 9.17) is 24.4 Å². The molecule has 2 saturated heterocycles. The molecule has 8 heteroatoms. The topological polar surface area (TPSA) is 43.9 Å². The van der Waals surface area contributed by atoms with Gasteiger partial charge in [0.1, 0.15) is 14.9 Å². The predicted molar refractivity (Wildman–Crippen MR) is 130 cm³/mol. The molecule has 0 saturated carbocycles. The van der Waals surface area contributed by atoms with Gasteiger partial charge >= 0.3 is 0 Å². The van der Waals surface area contributed by atoms with Gasteiger partial charge in [0.05, 0.1) is 0 Å². The van der Waals surface area contributed by atoms with E-state index in [1.54, 1.807) is 9.80 Å². The number of thiocarbonyl (C=S) groups is 2. The van der Waals surface area contributed by atoms with Crippen LogP contribution in [0.2, 0.25) is 0 Å². The van der Waals surface area contributed by atoms with Gasteiger partial charge < -0.3 is 4.90 Å². The van der Waals surface area contributed by atoms with Crippen LogP contribution in [0, 0.1) is 11.8 Å². The lowest BCUT2D eigenvalue weighted by atomic mass is 10.1. The standard InChI is InChI=1S/C22H27N3O2S3/c1-14(2)12-24-17(19(26)25(21(24)28)13-15(3)4)18-20(27)23(22(29)30-18)11-10-16-8-6-5-7-9-16/h5-9,14-15H,10-13H2,1-4H3/b18-17+. The lowest BCUT2D eigenvalue weighted by Crippen LogP contribution is -2.36. The van der Waals surface area contributed by atoms with E-state index in [1.807, 2.05) is 49.1 Å². The summed E-state index contributed by atoms with van der Waals surface area (Å²) in [6.07, 6.45) is 0.706. The van der Waals surface area contributed by atoms with Crippen LogP contribution in [0.3, 0.4) is 0 Å². The summed E-state index contributed by atoms with van der Waals surface area (Å²) in [5, 5.41) is 0.479. The van der Waals surface area contributed by atoms with Crippen molar-refractivity contribution >= 4 is 57.4 Å². The van der Waals surface area contributed by atoms with Crippen molar-refractivity contribution in [2.45, 2.75) is 34.1 Å². The third kappa shape index (κ3) is 4.76. The molecule has 0 N–H and O–H groups in total. The van der Waals surface area contributed by atoms with Gasteiger partial charge in [-0.25, -0.2) is 0 Å². The minimum Gasteiger partial charge on any atom is -0.312 e. The largest absolute Gasteiger partial charge is 0.312 e. The van der Waals surface area contributed by atoms with E-state index in [9.17, 15) is 9.59 Å². The third-order valence-corrected chi connectivity index (χ3v) is 6.68. The van der Waals surface area contributed by atoms with Crippen molar-refractivity contribution in [3.63, 3.8) is 0 Å². The molecule has 2 amide bonds. The fourth-order valence-corrected chi connectivity index (χ4v) is 5.17. The van der Waals surface area contributed by atoms with Crippen LogP contribution in [0.15, 0.2) is 40.9 Å². The Balaban J connectivity index is 1.90. The fraction of sp³-hybridized carbons (Fsp3) is 0.455. The number of hydrogen-bond donors (Lipinski definition) is 0. The number of nitrogens with zero attached hydrogens (tertiary/aromatic N) is 3. The molecule has 0 spiro atoms. The molecule has 5 nitrogen and oxygen atoms in total. The fourth-order valence-electron chi connectivity index (χ4n) is 3.47. The number of carbonyl (C=O) groups excluding carboxylic acids is 2.